The van der Waals surface area contributed by atoms with Crippen LogP contribution in [0.4, 0.5) is 0 Å². The van der Waals surface area contributed by atoms with Crippen molar-refractivity contribution in [2.75, 3.05) is 27.7 Å². The zero-order valence-electron chi connectivity index (χ0n) is 18.5. The van der Waals surface area contributed by atoms with E-state index < -0.39 is 16.1 Å². The van der Waals surface area contributed by atoms with E-state index in [2.05, 4.69) is 4.72 Å². The zero-order valence-corrected chi connectivity index (χ0v) is 19.3. The van der Waals surface area contributed by atoms with Gasteiger partial charge in [0.15, 0.2) is 0 Å². The van der Waals surface area contributed by atoms with E-state index in [1.165, 1.54) is 31.1 Å². The third kappa shape index (κ3) is 6.28. The van der Waals surface area contributed by atoms with Crippen LogP contribution in [0.15, 0.2) is 53.4 Å². The molecule has 0 saturated heterocycles. The lowest BCUT2D eigenvalue weighted by Crippen LogP contribution is -2.46. The van der Waals surface area contributed by atoms with E-state index in [0.29, 0.717) is 24.4 Å². The Morgan fingerprint density at radius 1 is 1.03 bits per heavy atom. The number of carbonyl (C=O) groups excluding carboxylic acids is 2. The molecule has 0 aromatic heterocycles. The van der Waals surface area contributed by atoms with Crippen LogP contribution in [0.1, 0.15) is 29.8 Å². The minimum atomic E-state index is -3.86. The zero-order chi connectivity index (χ0) is 23.2. The van der Waals surface area contributed by atoms with Crippen molar-refractivity contribution in [1.82, 2.24) is 14.5 Å². The molecule has 2 amide bonds. The number of hydrogen-bond donors (Lipinski definition) is 1. The molecule has 0 aliphatic rings. The normalized spacial score (nSPS) is 12.2. The molecular weight excluding hydrogens is 418 g/mol. The summed E-state index contributed by atoms with van der Waals surface area (Å²) >= 11 is 0. The number of likely N-dealkylation sites (N-methyl/N-ethyl adjacent to an activating group) is 1. The highest BCUT2D eigenvalue weighted by atomic mass is 32.2. The fourth-order valence-corrected chi connectivity index (χ4v) is 4.15. The highest BCUT2D eigenvalue weighted by molar-refractivity contribution is 7.89. The predicted molar refractivity (Wildman–Crippen MR) is 118 cm³/mol. The quantitative estimate of drug-likeness (QED) is 0.635. The summed E-state index contributed by atoms with van der Waals surface area (Å²) in [5.41, 5.74) is 1.40. The second-order valence-electron chi connectivity index (χ2n) is 7.27. The summed E-state index contributed by atoms with van der Waals surface area (Å²) in [6, 6.07) is 12.0. The van der Waals surface area contributed by atoms with Gasteiger partial charge in [-0.15, -0.1) is 0 Å². The molecule has 0 fully saturated rings. The fourth-order valence-electron chi connectivity index (χ4n) is 2.96. The molecule has 0 aliphatic heterocycles. The van der Waals surface area contributed by atoms with Crippen molar-refractivity contribution < 1.29 is 22.7 Å². The van der Waals surface area contributed by atoms with Gasteiger partial charge in [0, 0.05) is 32.7 Å². The molecular formula is C22H29N3O5S. The Balaban J connectivity index is 2.07. The maximum absolute atomic E-state index is 12.9. The largest absolute Gasteiger partial charge is 0.497 e. The van der Waals surface area contributed by atoms with E-state index in [1.807, 2.05) is 6.92 Å². The lowest BCUT2D eigenvalue weighted by molar-refractivity contribution is -0.133. The molecule has 0 saturated carbocycles. The Bertz CT molecular complexity index is 1000. The van der Waals surface area contributed by atoms with Crippen molar-refractivity contribution in [3.8, 4) is 5.75 Å². The van der Waals surface area contributed by atoms with Gasteiger partial charge in [0.25, 0.3) is 5.91 Å². The first kappa shape index (κ1) is 24.4. The molecule has 0 radical (unpaired) electrons. The molecule has 0 bridgehead atoms. The van der Waals surface area contributed by atoms with Crippen LogP contribution < -0.4 is 9.46 Å². The van der Waals surface area contributed by atoms with E-state index in [4.69, 9.17) is 4.74 Å². The van der Waals surface area contributed by atoms with Crippen LogP contribution in [-0.4, -0.2) is 63.8 Å². The van der Waals surface area contributed by atoms with Crippen LogP contribution in [0.2, 0.25) is 0 Å². The van der Waals surface area contributed by atoms with Gasteiger partial charge in [0.1, 0.15) is 5.75 Å². The van der Waals surface area contributed by atoms with Crippen LogP contribution in [0, 0.1) is 0 Å². The third-order valence-electron chi connectivity index (χ3n) is 4.75. The van der Waals surface area contributed by atoms with Crippen molar-refractivity contribution in [2.45, 2.75) is 31.3 Å². The lowest BCUT2D eigenvalue weighted by Gasteiger charge is -2.25. The fraction of sp³-hybridized carbons (Fsp3) is 0.364. The molecule has 0 spiro atoms. The third-order valence-corrected chi connectivity index (χ3v) is 6.30. The molecule has 0 unspecified atom stereocenters. The second kappa shape index (κ2) is 10.4. The number of rotatable bonds is 9. The number of benzene rings is 2. The number of amides is 2. The number of nitrogens with one attached hydrogen (secondary N) is 1. The van der Waals surface area contributed by atoms with Gasteiger partial charge < -0.3 is 14.5 Å². The van der Waals surface area contributed by atoms with Crippen LogP contribution in [0.25, 0.3) is 0 Å². The first-order chi connectivity index (χ1) is 14.6. The van der Waals surface area contributed by atoms with E-state index in [1.54, 1.807) is 55.4 Å². The van der Waals surface area contributed by atoms with E-state index in [0.717, 1.165) is 5.56 Å². The Kier molecular flexibility index (Phi) is 8.18. The number of ether oxygens (including phenoxy) is 1. The average molecular weight is 448 g/mol. The van der Waals surface area contributed by atoms with Crippen molar-refractivity contribution in [1.29, 1.82) is 0 Å². The summed E-state index contributed by atoms with van der Waals surface area (Å²) in [4.78, 5) is 28.0. The molecule has 1 atom stereocenters. The van der Waals surface area contributed by atoms with Crippen molar-refractivity contribution in [2.24, 2.45) is 0 Å². The molecule has 1 N–H and O–H groups in total. The first-order valence-electron chi connectivity index (χ1n) is 9.84. The van der Waals surface area contributed by atoms with Crippen LogP contribution in [-0.2, 0) is 21.4 Å². The highest BCUT2D eigenvalue weighted by Gasteiger charge is 2.25. The summed E-state index contributed by atoms with van der Waals surface area (Å²) in [5, 5.41) is 0. The SMILES string of the molecule is CCN(Cc1ccc(C(=O)N(C)C)cc1)C(=O)[C@H](C)NS(=O)(=O)c1ccc(OC)cc1. The smallest absolute Gasteiger partial charge is 0.253 e. The summed E-state index contributed by atoms with van der Waals surface area (Å²) in [6.45, 7) is 4.06. The number of nitrogens with zero attached hydrogens (tertiary/aromatic N) is 2. The van der Waals surface area contributed by atoms with E-state index in [9.17, 15) is 18.0 Å². The van der Waals surface area contributed by atoms with Gasteiger partial charge in [0.05, 0.1) is 18.0 Å². The van der Waals surface area contributed by atoms with Crippen LogP contribution in [0.3, 0.4) is 0 Å². The van der Waals surface area contributed by atoms with Gasteiger partial charge in [-0.1, -0.05) is 12.1 Å². The van der Waals surface area contributed by atoms with Crippen molar-refractivity contribution in [3.63, 3.8) is 0 Å². The van der Waals surface area contributed by atoms with E-state index >= 15 is 0 Å². The van der Waals surface area contributed by atoms with Gasteiger partial charge in [-0.2, -0.15) is 4.72 Å². The highest BCUT2D eigenvalue weighted by Crippen LogP contribution is 2.16. The molecule has 0 heterocycles. The Labute approximate surface area is 183 Å². The maximum atomic E-state index is 12.9. The molecule has 2 aromatic rings. The molecule has 9 heteroatoms. The molecule has 2 rings (SSSR count). The van der Waals surface area contributed by atoms with Crippen molar-refractivity contribution in [3.05, 3.63) is 59.7 Å². The Morgan fingerprint density at radius 2 is 1.61 bits per heavy atom. The molecule has 2 aromatic carbocycles. The van der Waals surface area contributed by atoms with Crippen LogP contribution >= 0.6 is 0 Å². The van der Waals surface area contributed by atoms with Gasteiger partial charge in [-0.25, -0.2) is 8.42 Å². The second-order valence-corrected chi connectivity index (χ2v) is 8.98. The molecule has 0 aliphatic carbocycles. The van der Waals surface area contributed by atoms with Gasteiger partial charge >= 0.3 is 0 Å². The summed E-state index contributed by atoms with van der Waals surface area (Å²) in [7, 11) is 0.998. The minimum Gasteiger partial charge on any atom is -0.497 e. The summed E-state index contributed by atoms with van der Waals surface area (Å²) in [6.07, 6.45) is 0. The summed E-state index contributed by atoms with van der Waals surface area (Å²) < 4.78 is 32.7. The van der Waals surface area contributed by atoms with Gasteiger partial charge in [-0.3, -0.25) is 9.59 Å². The minimum absolute atomic E-state index is 0.0529. The van der Waals surface area contributed by atoms with Gasteiger partial charge in [-0.05, 0) is 55.8 Å². The van der Waals surface area contributed by atoms with Crippen molar-refractivity contribution >= 4 is 21.8 Å². The standard InChI is InChI=1S/C22H29N3O5S/c1-6-25(15-17-7-9-18(10-8-17)22(27)24(3)4)21(26)16(2)23-31(28,29)20-13-11-19(30-5)12-14-20/h7-14,16,23H,6,15H2,1-5H3/t16-/m0/s1. The Hall–Kier alpha value is -2.91. The number of carbonyl (C=O) groups is 2. The average Bonchev–Trinajstić information content (AvgIpc) is 2.76. The number of methoxy groups -OCH3 is 1. The summed E-state index contributed by atoms with van der Waals surface area (Å²) in [5.74, 6) is 0.100. The predicted octanol–water partition coefficient (Wildman–Crippen LogP) is 2.11. The topological polar surface area (TPSA) is 96.0 Å². The maximum Gasteiger partial charge on any atom is 0.253 e. The lowest BCUT2D eigenvalue weighted by atomic mass is 10.1. The van der Waals surface area contributed by atoms with Gasteiger partial charge in [0.2, 0.25) is 15.9 Å². The molecule has 31 heavy (non-hydrogen) atoms. The monoisotopic (exact) mass is 447 g/mol. The first-order valence-corrected chi connectivity index (χ1v) is 11.3. The Morgan fingerprint density at radius 3 is 2.10 bits per heavy atom. The number of hydrogen-bond acceptors (Lipinski definition) is 5. The molecule has 168 valence electrons. The van der Waals surface area contributed by atoms with Crippen LogP contribution in [0.5, 0.6) is 5.75 Å². The number of sulfonamides is 1. The van der Waals surface area contributed by atoms with E-state index in [-0.39, 0.29) is 16.7 Å². The molecule has 8 nitrogen and oxygen atoms in total.